The monoisotopic (exact) mass is 261 g/mol. The molecule has 0 aliphatic rings. The van der Waals surface area contributed by atoms with Crippen LogP contribution in [0.15, 0.2) is 17.6 Å². The zero-order chi connectivity index (χ0) is 12.9. The molecule has 1 rings (SSSR count). The van der Waals surface area contributed by atoms with Gasteiger partial charge in [-0.1, -0.05) is 6.92 Å². The minimum Gasteiger partial charge on any atom is -0.396 e. The fourth-order valence-electron chi connectivity index (χ4n) is 1.35. The number of aryl methyl sites for hydroxylation is 1. The molecule has 0 radical (unpaired) electrons. The third-order valence-electron chi connectivity index (χ3n) is 2.43. The molecule has 1 aromatic heterocycles. The van der Waals surface area contributed by atoms with Crippen molar-refractivity contribution in [3.05, 3.63) is 12.5 Å². The molecule has 1 aromatic rings. The highest BCUT2D eigenvalue weighted by Crippen LogP contribution is 2.06. The van der Waals surface area contributed by atoms with Crippen molar-refractivity contribution in [1.82, 2.24) is 14.3 Å². The van der Waals surface area contributed by atoms with Gasteiger partial charge in [0.15, 0.2) is 5.03 Å². The van der Waals surface area contributed by atoms with Gasteiger partial charge in [0.25, 0.3) is 10.0 Å². The standard InChI is InChI=1S/C10H19N3O3S/c1-9(7-14)4-3-5-12-17(15,16)10-6-13(2)8-11-10/h6,8-9,12,14H,3-5,7H2,1-2H3. The van der Waals surface area contributed by atoms with Gasteiger partial charge in [-0.25, -0.2) is 18.1 Å². The first-order chi connectivity index (χ1) is 7.95. The Labute approximate surface area is 102 Å². The Balaban J connectivity index is 2.41. The van der Waals surface area contributed by atoms with E-state index in [1.165, 1.54) is 12.5 Å². The molecule has 0 aromatic carbocycles. The second kappa shape index (κ2) is 6.13. The highest BCUT2D eigenvalue weighted by Gasteiger charge is 2.15. The number of sulfonamides is 1. The van der Waals surface area contributed by atoms with Gasteiger partial charge < -0.3 is 9.67 Å². The predicted octanol–water partition coefficient (Wildman–Crippen LogP) is 0.107. The second-order valence-corrected chi connectivity index (χ2v) is 5.92. The summed E-state index contributed by atoms with van der Waals surface area (Å²) >= 11 is 0. The molecule has 17 heavy (non-hydrogen) atoms. The third kappa shape index (κ3) is 4.45. The van der Waals surface area contributed by atoms with Crippen LogP contribution in [0.4, 0.5) is 0 Å². The average Bonchev–Trinajstić information content (AvgIpc) is 2.71. The number of aliphatic hydroxyl groups is 1. The molecule has 0 aliphatic carbocycles. The Morgan fingerprint density at radius 3 is 2.82 bits per heavy atom. The topological polar surface area (TPSA) is 84.2 Å². The number of imidazole rings is 1. The zero-order valence-electron chi connectivity index (χ0n) is 10.1. The van der Waals surface area contributed by atoms with Crippen molar-refractivity contribution in [2.75, 3.05) is 13.2 Å². The molecule has 0 amide bonds. The first-order valence-corrected chi connectivity index (χ1v) is 7.02. The molecule has 0 aliphatic heterocycles. The average molecular weight is 261 g/mol. The summed E-state index contributed by atoms with van der Waals surface area (Å²) in [6, 6.07) is 0. The summed E-state index contributed by atoms with van der Waals surface area (Å²) in [4.78, 5) is 3.79. The summed E-state index contributed by atoms with van der Waals surface area (Å²) in [5.74, 6) is 0.203. The molecular formula is C10H19N3O3S. The van der Waals surface area contributed by atoms with Crippen LogP contribution in [-0.4, -0.2) is 36.2 Å². The van der Waals surface area contributed by atoms with Gasteiger partial charge in [0.1, 0.15) is 0 Å². The van der Waals surface area contributed by atoms with Crippen LogP contribution >= 0.6 is 0 Å². The molecule has 0 saturated heterocycles. The smallest absolute Gasteiger partial charge is 0.259 e. The largest absolute Gasteiger partial charge is 0.396 e. The van der Waals surface area contributed by atoms with Gasteiger partial charge in [0.2, 0.25) is 0 Å². The SMILES string of the molecule is CC(CO)CCCNS(=O)(=O)c1cn(C)cn1. The summed E-state index contributed by atoms with van der Waals surface area (Å²) in [5.41, 5.74) is 0. The van der Waals surface area contributed by atoms with Crippen LogP contribution in [0.1, 0.15) is 19.8 Å². The molecule has 7 heteroatoms. The van der Waals surface area contributed by atoms with E-state index in [-0.39, 0.29) is 17.6 Å². The lowest BCUT2D eigenvalue weighted by Gasteiger charge is -2.07. The maximum atomic E-state index is 11.7. The lowest BCUT2D eigenvalue weighted by Crippen LogP contribution is -2.25. The molecule has 1 heterocycles. The molecule has 0 fully saturated rings. The van der Waals surface area contributed by atoms with Crippen molar-refractivity contribution in [1.29, 1.82) is 0 Å². The fourth-order valence-corrected chi connectivity index (χ4v) is 2.40. The van der Waals surface area contributed by atoms with E-state index in [4.69, 9.17) is 5.11 Å². The van der Waals surface area contributed by atoms with Crippen molar-refractivity contribution in [2.45, 2.75) is 24.8 Å². The van der Waals surface area contributed by atoms with Gasteiger partial charge in [0.05, 0.1) is 6.33 Å². The lowest BCUT2D eigenvalue weighted by molar-refractivity contribution is 0.228. The minimum atomic E-state index is -3.49. The molecule has 0 saturated carbocycles. The summed E-state index contributed by atoms with van der Waals surface area (Å²) in [7, 11) is -1.77. The summed E-state index contributed by atoms with van der Waals surface area (Å²) in [5, 5.41) is 8.86. The van der Waals surface area contributed by atoms with Crippen LogP contribution in [0.5, 0.6) is 0 Å². The maximum Gasteiger partial charge on any atom is 0.259 e. The molecule has 0 bridgehead atoms. The van der Waals surface area contributed by atoms with Crippen molar-refractivity contribution in [2.24, 2.45) is 13.0 Å². The normalized spacial score (nSPS) is 13.8. The summed E-state index contributed by atoms with van der Waals surface area (Å²) in [6.07, 6.45) is 4.40. The zero-order valence-corrected chi connectivity index (χ0v) is 10.9. The number of hydrogen-bond acceptors (Lipinski definition) is 4. The van der Waals surface area contributed by atoms with Gasteiger partial charge in [-0.15, -0.1) is 0 Å². The van der Waals surface area contributed by atoms with Gasteiger partial charge in [-0.05, 0) is 18.8 Å². The predicted molar refractivity (Wildman–Crippen MR) is 63.9 cm³/mol. The van der Waals surface area contributed by atoms with Crippen LogP contribution < -0.4 is 4.72 Å². The highest BCUT2D eigenvalue weighted by atomic mass is 32.2. The quantitative estimate of drug-likeness (QED) is 0.682. The Kier molecular flexibility index (Phi) is 5.10. The van der Waals surface area contributed by atoms with E-state index >= 15 is 0 Å². The number of rotatable bonds is 7. The number of hydrogen-bond donors (Lipinski definition) is 2. The van der Waals surface area contributed by atoms with Crippen molar-refractivity contribution in [3.63, 3.8) is 0 Å². The van der Waals surface area contributed by atoms with Gasteiger partial charge in [0, 0.05) is 26.4 Å². The Bertz CT molecular complexity index is 441. The van der Waals surface area contributed by atoms with Crippen LogP contribution in [0.2, 0.25) is 0 Å². The van der Waals surface area contributed by atoms with Crippen molar-refractivity contribution in [3.8, 4) is 0 Å². The first-order valence-electron chi connectivity index (χ1n) is 5.54. The number of nitrogens with one attached hydrogen (secondary N) is 1. The molecule has 6 nitrogen and oxygen atoms in total. The van der Waals surface area contributed by atoms with Crippen LogP contribution in [0.3, 0.4) is 0 Å². The van der Waals surface area contributed by atoms with Crippen LogP contribution in [-0.2, 0) is 17.1 Å². The Morgan fingerprint density at radius 1 is 1.59 bits per heavy atom. The van der Waals surface area contributed by atoms with Gasteiger partial charge in [-0.3, -0.25) is 0 Å². The Hall–Kier alpha value is -0.920. The molecule has 1 unspecified atom stereocenters. The molecule has 0 spiro atoms. The molecule has 98 valence electrons. The number of aromatic nitrogens is 2. The fraction of sp³-hybridized carbons (Fsp3) is 0.700. The summed E-state index contributed by atoms with van der Waals surface area (Å²) < 4.78 is 27.5. The van der Waals surface area contributed by atoms with E-state index in [1.54, 1.807) is 11.6 Å². The lowest BCUT2D eigenvalue weighted by atomic mass is 10.1. The summed E-state index contributed by atoms with van der Waals surface area (Å²) in [6.45, 7) is 2.42. The van der Waals surface area contributed by atoms with E-state index in [1.807, 2.05) is 6.92 Å². The van der Waals surface area contributed by atoms with E-state index in [0.29, 0.717) is 13.0 Å². The van der Waals surface area contributed by atoms with Gasteiger partial charge in [-0.2, -0.15) is 0 Å². The van der Waals surface area contributed by atoms with E-state index in [0.717, 1.165) is 6.42 Å². The van der Waals surface area contributed by atoms with E-state index < -0.39 is 10.0 Å². The second-order valence-electron chi connectivity index (χ2n) is 4.21. The highest BCUT2D eigenvalue weighted by molar-refractivity contribution is 7.89. The molecular weight excluding hydrogens is 242 g/mol. The van der Waals surface area contributed by atoms with E-state index in [2.05, 4.69) is 9.71 Å². The first kappa shape index (κ1) is 14.1. The van der Waals surface area contributed by atoms with Crippen LogP contribution in [0, 0.1) is 5.92 Å². The Morgan fingerprint density at radius 2 is 2.29 bits per heavy atom. The maximum absolute atomic E-state index is 11.7. The van der Waals surface area contributed by atoms with Gasteiger partial charge >= 0.3 is 0 Å². The molecule has 2 N–H and O–H groups in total. The molecule has 1 atom stereocenters. The van der Waals surface area contributed by atoms with Crippen molar-refractivity contribution >= 4 is 10.0 Å². The number of nitrogens with zero attached hydrogens (tertiary/aromatic N) is 2. The van der Waals surface area contributed by atoms with Crippen molar-refractivity contribution < 1.29 is 13.5 Å². The van der Waals surface area contributed by atoms with E-state index in [9.17, 15) is 8.42 Å². The van der Waals surface area contributed by atoms with Crippen LogP contribution in [0.25, 0.3) is 0 Å². The number of aliphatic hydroxyl groups excluding tert-OH is 1. The minimum absolute atomic E-state index is 0.0372. The third-order valence-corrected chi connectivity index (χ3v) is 3.78.